The standard InChI is InChI=1S/C10H14O3/c1-7-4-6-13-10(7)9(11)8-3-2-5-12-8/h3,7,10H,2,4-6H2,1H3. The lowest BCUT2D eigenvalue weighted by atomic mass is 10.00. The highest BCUT2D eigenvalue weighted by Gasteiger charge is 2.34. The molecule has 1 saturated heterocycles. The van der Waals surface area contributed by atoms with Crippen LogP contribution >= 0.6 is 0 Å². The molecule has 0 saturated carbocycles. The van der Waals surface area contributed by atoms with E-state index in [1.165, 1.54) is 0 Å². The predicted octanol–water partition coefficient (Wildman–Crippen LogP) is 1.28. The maximum atomic E-state index is 11.7. The van der Waals surface area contributed by atoms with Crippen LogP contribution in [0.1, 0.15) is 19.8 Å². The van der Waals surface area contributed by atoms with Crippen LogP contribution in [0.3, 0.4) is 0 Å². The van der Waals surface area contributed by atoms with Crippen LogP contribution in [-0.4, -0.2) is 25.1 Å². The summed E-state index contributed by atoms with van der Waals surface area (Å²) in [7, 11) is 0. The van der Waals surface area contributed by atoms with E-state index in [1.54, 1.807) is 0 Å². The number of carbonyl (C=O) groups is 1. The first-order valence-corrected chi connectivity index (χ1v) is 4.78. The van der Waals surface area contributed by atoms with Gasteiger partial charge in [-0.1, -0.05) is 6.92 Å². The molecule has 2 unspecified atom stereocenters. The van der Waals surface area contributed by atoms with Crippen LogP contribution in [0.4, 0.5) is 0 Å². The van der Waals surface area contributed by atoms with E-state index in [9.17, 15) is 4.79 Å². The van der Waals surface area contributed by atoms with E-state index in [0.717, 1.165) is 12.8 Å². The zero-order valence-corrected chi connectivity index (χ0v) is 7.79. The fraction of sp³-hybridized carbons (Fsp3) is 0.700. The molecule has 3 heteroatoms. The Morgan fingerprint density at radius 2 is 2.38 bits per heavy atom. The molecule has 3 nitrogen and oxygen atoms in total. The van der Waals surface area contributed by atoms with Crippen molar-refractivity contribution in [1.29, 1.82) is 0 Å². The first-order valence-electron chi connectivity index (χ1n) is 4.78. The first-order chi connectivity index (χ1) is 6.29. The summed E-state index contributed by atoms with van der Waals surface area (Å²) >= 11 is 0. The van der Waals surface area contributed by atoms with Crippen molar-refractivity contribution in [1.82, 2.24) is 0 Å². The van der Waals surface area contributed by atoms with Gasteiger partial charge in [0.05, 0.1) is 6.61 Å². The summed E-state index contributed by atoms with van der Waals surface area (Å²) in [5.74, 6) is 0.874. The highest BCUT2D eigenvalue weighted by Crippen LogP contribution is 2.24. The Hall–Kier alpha value is -0.830. The Bertz CT molecular complexity index is 245. The number of ether oxygens (including phenoxy) is 2. The third-order valence-corrected chi connectivity index (χ3v) is 2.59. The number of Topliss-reactive ketones (excluding diaryl/α,β-unsaturated/α-hetero) is 1. The lowest BCUT2D eigenvalue weighted by Gasteiger charge is -2.13. The topological polar surface area (TPSA) is 35.5 Å². The van der Waals surface area contributed by atoms with Crippen molar-refractivity contribution in [2.45, 2.75) is 25.9 Å². The van der Waals surface area contributed by atoms with Crippen molar-refractivity contribution in [2.24, 2.45) is 5.92 Å². The fourth-order valence-electron chi connectivity index (χ4n) is 1.76. The van der Waals surface area contributed by atoms with Crippen LogP contribution < -0.4 is 0 Å². The second kappa shape index (κ2) is 3.50. The second-order valence-corrected chi connectivity index (χ2v) is 3.63. The van der Waals surface area contributed by atoms with Gasteiger partial charge in [-0.05, 0) is 18.4 Å². The zero-order chi connectivity index (χ0) is 9.26. The Kier molecular flexibility index (Phi) is 2.36. The SMILES string of the molecule is CC1CCOC1C(=O)C1=CCCO1. The van der Waals surface area contributed by atoms with Gasteiger partial charge in [-0.15, -0.1) is 0 Å². The van der Waals surface area contributed by atoms with Crippen LogP contribution in [0, 0.1) is 5.92 Å². The number of carbonyl (C=O) groups excluding carboxylic acids is 1. The maximum absolute atomic E-state index is 11.7. The fourth-order valence-corrected chi connectivity index (χ4v) is 1.76. The number of ketones is 1. The van der Waals surface area contributed by atoms with E-state index in [4.69, 9.17) is 9.47 Å². The van der Waals surface area contributed by atoms with Gasteiger partial charge in [-0.3, -0.25) is 4.79 Å². The normalized spacial score (nSPS) is 32.8. The zero-order valence-electron chi connectivity index (χ0n) is 7.79. The van der Waals surface area contributed by atoms with Gasteiger partial charge in [0.2, 0.25) is 5.78 Å². The highest BCUT2D eigenvalue weighted by atomic mass is 16.5. The Morgan fingerprint density at radius 3 is 2.92 bits per heavy atom. The van der Waals surface area contributed by atoms with Crippen LogP contribution in [0.5, 0.6) is 0 Å². The van der Waals surface area contributed by atoms with Gasteiger partial charge in [0.1, 0.15) is 6.10 Å². The minimum Gasteiger partial charge on any atom is -0.490 e. The minimum absolute atomic E-state index is 0.0301. The molecule has 0 aromatic carbocycles. The number of rotatable bonds is 2. The lowest BCUT2D eigenvalue weighted by molar-refractivity contribution is -0.128. The number of hydrogen-bond acceptors (Lipinski definition) is 3. The molecule has 2 atom stereocenters. The van der Waals surface area contributed by atoms with Crippen molar-refractivity contribution in [2.75, 3.05) is 13.2 Å². The Balaban J connectivity index is 2.03. The van der Waals surface area contributed by atoms with Crippen molar-refractivity contribution in [3.8, 4) is 0 Å². The molecule has 0 N–H and O–H groups in total. The molecular weight excluding hydrogens is 168 g/mol. The molecule has 13 heavy (non-hydrogen) atoms. The van der Waals surface area contributed by atoms with Gasteiger partial charge >= 0.3 is 0 Å². The molecule has 2 aliphatic heterocycles. The Morgan fingerprint density at radius 1 is 1.54 bits per heavy atom. The molecule has 72 valence electrons. The average molecular weight is 182 g/mol. The lowest BCUT2D eigenvalue weighted by Crippen LogP contribution is -2.26. The van der Waals surface area contributed by atoms with Gasteiger partial charge in [-0.25, -0.2) is 0 Å². The summed E-state index contributed by atoms with van der Waals surface area (Å²) in [6.45, 7) is 3.39. The van der Waals surface area contributed by atoms with Gasteiger partial charge in [-0.2, -0.15) is 0 Å². The molecule has 0 bridgehead atoms. The van der Waals surface area contributed by atoms with Gasteiger partial charge in [0, 0.05) is 13.0 Å². The first kappa shape index (κ1) is 8.75. The van der Waals surface area contributed by atoms with Gasteiger partial charge in [0.25, 0.3) is 0 Å². The third kappa shape index (κ3) is 1.61. The van der Waals surface area contributed by atoms with E-state index in [-0.39, 0.29) is 11.9 Å². The number of hydrogen-bond donors (Lipinski definition) is 0. The van der Waals surface area contributed by atoms with Crippen LogP contribution in [0.2, 0.25) is 0 Å². The van der Waals surface area contributed by atoms with E-state index in [2.05, 4.69) is 0 Å². The summed E-state index contributed by atoms with van der Waals surface area (Å²) < 4.78 is 10.6. The molecule has 0 spiro atoms. The second-order valence-electron chi connectivity index (χ2n) is 3.63. The molecule has 0 aromatic heterocycles. The van der Waals surface area contributed by atoms with Crippen molar-refractivity contribution < 1.29 is 14.3 Å². The minimum atomic E-state index is -0.260. The van der Waals surface area contributed by atoms with Crippen molar-refractivity contribution in [3.05, 3.63) is 11.8 Å². The van der Waals surface area contributed by atoms with E-state index >= 15 is 0 Å². The monoisotopic (exact) mass is 182 g/mol. The Labute approximate surface area is 77.7 Å². The summed E-state index contributed by atoms with van der Waals surface area (Å²) in [6.07, 6.45) is 3.42. The smallest absolute Gasteiger partial charge is 0.225 e. The molecule has 0 radical (unpaired) electrons. The summed E-state index contributed by atoms with van der Waals surface area (Å²) in [5.41, 5.74) is 0. The molecule has 0 aliphatic carbocycles. The molecule has 1 fully saturated rings. The summed E-state index contributed by atoms with van der Waals surface area (Å²) in [6, 6.07) is 0. The van der Waals surface area contributed by atoms with Crippen LogP contribution in [-0.2, 0) is 14.3 Å². The van der Waals surface area contributed by atoms with E-state index < -0.39 is 0 Å². The van der Waals surface area contributed by atoms with Gasteiger partial charge in [0.15, 0.2) is 5.76 Å². The van der Waals surface area contributed by atoms with Crippen LogP contribution in [0.25, 0.3) is 0 Å². The van der Waals surface area contributed by atoms with Crippen LogP contribution in [0.15, 0.2) is 11.8 Å². The van der Waals surface area contributed by atoms with E-state index in [0.29, 0.717) is 24.9 Å². The predicted molar refractivity (Wildman–Crippen MR) is 47.2 cm³/mol. The van der Waals surface area contributed by atoms with Crippen molar-refractivity contribution >= 4 is 5.78 Å². The molecule has 2 heterocycles. The molecule has 2 rings (SSSR count). The third-order valence-electron chi connectivity index (χ3n) is 2.59. The van der Waals surface area contributed by atoms with Gasteiger partial charge < -0.3 is 9.47 Å². The molecule has 0 aromatic rings. The summed E-state index contributed by atoms with van der Waals surface area (Å²) in [4.78, 5) is 11.7. The maximum Gasteiger partial charge on any atom is 0.225 e. The highest BCUT2D eigenvalue weighted by molar-refractivity contribution is 5.97. The van der Waals surface area contributed by atoms with Crippen molar-refractivity contribution in [3.63, 3.8) is 0 Å². The molecule has 2 aliphatic rings. The average Bonchev–Trinajstić information content (AvgIpc) is 2.72. The summed E-state index contributed by atoms with van der Waals surface area (Å²) in [5, 5.41) is 0. The molecule has 0 amide bonds. The van der Waals surface area contributed by atoms with E-state index in [1.807, 2.05) is 13.0 Å². The quantitative estimate of drug-likeness (QED) is 0.645. The largest absolute Gasteiger partial charge is 0.490 e. The molecular formula is C10H14O3.